The molecule has 4 heteroatoms. The van der Waals surface area contributed by atoms with E-state index in [4.69, 9.17) is 0 Å². The normalized spacial score (nSPS) is 10.3. The van der Waals surface area contributed by atoms with Crippen LogP contribution in [0.25, 0.3) is 0 Å². The van der Waals surface area contributed by atoms with Crippen molar-refractivity contribution in [3.63, 3.8) is 0 Å². The van der Waals surface area contributed by atoms with Crippen molar-refractivity contribution in [3.8, 4) is 0 Å². The Labute approximate surface area is 130 Å². The molecule has 0 fully saturated rings. The average Bonchev–Trinajstić information content (AvgIpc) is 2.54. The second-order valence-corrected chi connectivity index (χ2v) is 5.38. The number of hydrogen-bond donors (Lipinski definition) is 1. The maximum Gasteiger partial charge on any atom is 0.220 e. The molecule has 0 saturated carbocycles. The maximum absolute atomic E-state index is 12.2. The summed E-state index contributed by atoms with van der Waals surface area (Å²) in [6, 6.07) is 9.52. The Morgan fingerprint density at radius 2 is 1.95 bits per heavy atom. The van der Waals surface area contributed by atoms with Crippen molar-refractivity contribution < 1.29 is 9.59 Å². The number of hydrogen-bond acceptors (Lipinski definition) is 3. The number of nitrogens with zero attached hydrogens (tertiary/aromatic N) is 1. The summed E-state index contributed by atoms with van der Waals surface area (Å²) in [7, 11) is 0. The van der Waals surface area contributed by atoms with Crippen molar-refractivity contribution in [1.29, 1.82) is 0 Å². The molecule has 1 aromatic heterocycles. The number of Topliss-reactive ketones (excluding diaryl/α,β-unsaturated/α-hetero) is 1. The van der Waals surface area contributed by atoms with Crippen molar-refractivity contribution in [2.75, 3.05) is 0 Å². The first-order valence-corrected chi connectivity index (χ1v) is 7.32. The Balaban J connectivity index is 1.83. The molecule has 1 amide bonds. The summed E-state index contributed by atoms with van der Waals surface area (Å²) in [5, 5.41) is 2.80. The van der Waals surface area contributed by atoms with E-state index in [1.54, 1.807) is 12.4 Å². The lowest BCUT2D eigenvalue weighted by molar-refractivity contribution is -0.121. The highest BCUT2D eigenvalue weighted by atomic mass is 16.2. The summed E-state index contributed by atoms with van der Waals surface area (Å²) in [5.41, 5.74) is 3.65. The minimum atomic E-state index is -0.123. The minimum Gasteiger partial charge on any atom is -0.352 e. The van der Waals surface area contributed by atoms with E-state index in [1.165, 1.54) is 0 Å². The maximum atomic E-state index is 12.2. The largest absolute Gasteiger partial charge is 0.352 e. The first-order valence-electron chi connectivity index (χ1n) is 7.32. The zero-order valence-corrected chi connectivity index (χ0v) is 12.9. The van der Waals surface area contributed by atoms with Crippen molar-refractivity contribution in [2.45, 2.75) is 33.2 Å². The van der Waals surface area contributed by atoms with Gasteiger partial charge in [0.1, 0.15) is 0 Å². The quantitative estimate of drug-likeness (QED) is 0.834. The fourth-order valence-corrected chi connectivity index (χ4v) is 2.19. The molecule has 0 spiro atoms. The average molecular weight is 296 g/mol. The number of amides is 1. The van der Waals surface area contributed by atoms with Gasteiger partial charge in [-0.25, -0.2) is 0 Å². The SMILES string of the molecule is Cc1ccc(C)c(C(=O)CCC(=O)NCc2cccnc2)c1. The lowest BCUT2D eigenvalue weighted by atomic mass is 9.99. The van der Waals surface area contributed by atoms with Crippen molar-refractivity contribution in [2.24, 2.45) is 0 Å². The Morgan fingerprint density at radius 3 is 2.68 bits per heavy atom. The number of nitrogens with one attached hydrogen (secondary N) is 1. The van der Waals surface area contributed by atoms with Gasteiger partial charge in [0.25, 0.3) is 0 Å². The molecular formula is C18H20N2O2. The Bertz CT molecular complexity index is 666. The first kappa shape index (κ1) is 15.9. The van der Waals surface area contributed by atoms with Crippen LogP contribution in [-0.2, 0) is 11.3 Å². The van der Waals surface area contributed by atoms with Crippen LogP contribution in [0, 0.1) is 13.8 Å². The highest BCUT2D eigenvalue weighted by molar-refractivity contribution is 5.99. The number of carbonyl (C=O) groups excluding carboxylic acids is 2. The lowest BCUT2D eigenvalue weighted by Crippen LogP contribution is -2.23. The van der Waals surface area contributed by atoms with Crippen LogP contribution in [-0.4, -0.2) is 16.7 Å². The summed E-state index contributed by atoms with van der Waals surface area (Å²) in [4.78, 5) is 28.0. The van der Waals surface area contributed by atoms with E-state index in [0.29, 0.717) is 12.1 Å². The van der Waals surface area contributed by atoms with Gasteiger partial charge < -0.3 is 5.32 Å². The second kappa shape index (κ2) is 7.50. The fraction of sp³-hybridized carbons (Fsp3) is 0.278. The third kappa shape index (κ3) is 4.52. The van der Waals surface area contributed by atoms with Crippen molar-refractivity contribution in [1.82, 2.24) is 10.3 Å². The number of benzene rings is 1. The molecule has 0 saturated heterocycles. The van der Waals surface area contributed by atoms with Crippen LogP contribution in [0.4, 0.5) is 0 Å². The monoisotopic (exact) mass is 296 g/mol. The zero-order chi connectivity index (χ0) is 15.9. The molecule has 0 aliphatic carbocycles. The van der Waals surface area contributed by atoms with Gasteiger partial charge in [0.2, 0.25) is 5.91 Å². The number of ketones is 1. The highest BCUT2D eigenvalue weighted by Crippen LogP contribution is 2.13. The van der Waals surface area contributed by atoms with Crippen LogP contribution in [0.3, 0.4) is 0 Å². The molecule has 2 aromatic rings. The first-order chi connectivity index (χ1) is 10.6. The molecule has 4 nitrogen and oxygen atoms in total. The van der Waals surface area contributed by atoms with Crippen LogP contribution in [0.2, 0.25) is 0 Å². The molecule has 0 unspecified atom stereocenters. The summed E-state index contributed by atoms with van der Waals surface area (Å²) in [6.07, 6.45) is 3.82. The van der Waals surface area contributed by atoms with E-state index in [9.17, 15) is 9.59 Å². The van der Waals surface area contributed by atoms with E-state index in [2.05, 4.69) is 10.3 Å². The topological polar surface area (TPSA) is 59.1 Å². The molecule has 22 heavy (non-hydrogen) atoms. The predicted molar refractivity (Wildman–Crippen MR) is 85.6 cm³/mol. The van der Waals surface area contributed by atoms with Gasteiger partial charge in [-0.3, -0.25) is 14.6 Å². The number of rotatable bonds is 6. The van der Waals surface area contributed by atoms with Gasteiger partial charge in [0, 0.05) is 37.3 Å². The summed E-state index contributed by atoms with van der Waals surface area (Å²) >= 11 is 0. The number of aryl methyl sites for hydroxylation is 2. The predicted octanol–water partition coefficient (Wildman–Crippen LogP) is 2.98. The van der Waals surface area contributed by atoms with Gasteiger partial charge in [-0.2, -0.15) is 0 Å². The third-order valence-corrected chi connectivity index (χ3v) is 3.49. The molecule has 0 atom stereocenters. The van der Waals surface area contributed by atoms with E-state index in [-0.39, 0.29) is 24.5 Å². The van der Waals surface area contributed by atoms with E-state index in [1.807, 2.05) is 44.2 Å². The third-order valence-electron chi connectivity index (χ3n) is 3.49. The van der Waals surface area contributed by atoms with Crippen LogP contribution in [0.1, 0.15) is 39.9 Å². The van der Waals surface area contributed by atoms with Crippen molar-refractivity contribution >= 4 is 11.7 Å². The molecule has 0 aliphatic heterocycles. The van der Waals surface area contributed by atoms with Gasteiger partial charge >= 0.3 is 0 Å². The molecular weight excluding hydrogens is 276 g/mol. The molecule has 1 heterocycles. The second-order valence-electron chi connectivity index (χ2n) is 5.38. The molecule has 0 aliphatic rings. The van der Waals surface area contributed by atoms with Crippen molar-refractivity contribution in [3.05, 3.63) is 65.0 Å². The number of carbonyl (C=O) groups is 2. The van der Waals surface area contributed by atoms with Crippen LogP contribution in [0.15, 0.2) is 42.7 Å². The van der Waals surface area contributed by atoms with Gasteiger partial charge in [0.05, 0.1) is 0 Å². The van der Waals surface area contributed by atoms with E-state index in [0.717, 1.165) is 16.7 Å². The summed E-state index contributed by atoms with van der Waals surface area (Å²) in [5.74, 6) is -0.111. The van der Waals surface area contributed by atoms with E-state index >= 15 is 0 Å². The fourth-order valence-electron chi connectivity index (χ4n) is 2.19. The van der Waals surface area contributed by atoms with Gasteiger partial charge in [-0.1, -0.05) is 23.8 Å². The van der Waals surface area contributed by atoms with Crippen LogP contribution in [0.5, 0.6) is 0 Å². The zero-order valence-electron chi connectivity index (χ0n) is 12.9. The Morgan fingerprint density at radius 1 is 1.14 bits per heavy atom. The molecule has 114 valence electrons. The van der Waals surface area contributed by atoms with E-state index < -0.39 is 0 Å². The van der Waals surface area contributed by atoms with Gasteiger partial charge in [0.15, 0.2) is 5.78 Å². The Kier molecular flexibility index (Phi) is 5.42. The molecule has 1 aromatic carbocycles. The standard InChI is InChI=1S/C18H20N2O2/c1-13-5-6-14(2)16(10-13)17(21)7-8-18(22)20-12-15-4-3-9-19-11-15/h3-6,9-11H,7-8,12H2,1-2H3,(H,20,22). The summed E-state index contributed by atoms with van der Waals surface area (Å²) in [6.45, 7) is 4.30. The van der Waals surface area contributed by atoms with Gasteiger partial charge in [-0.15, -0.1) is 0 Å². The minimum absolute atomic E-state index is 0.0118. The Hall–Kier alpha value is -2.49. The smallest absolute Gasteiger partial charge is 0.220 e. The molecule has 1 N–H and O–H groups in total. The van der Waals surface area contributed by atoms with Gasteiger partial charge in [-0.05, 0) is 37.1 Å². The molecule has 0 bridgehead atoms. The van der Waals surface area contributed by atoms with Crippen LogP contribution < -0.4 is 5.32 Å². The van der Waals surface area contributed by atoms with Crippen LogP contribution >= 0.6 is 0 Å². The lowest BCUT2D eigenvalue weighted by Gasteiger charge is -2.07. The summed E-state index contributed by atoms with van der Waals surface area (Å²) < 4.78 is 0. The molecule has 2 rings (SSSR count). The number of aromatic nitrogens is 1. The highest BCUT2D eigenvalue weighted by Gasteiger charge is 2.11. The molecule has 0 radical (unpaired) electrons. The number of pyridine rings is 1.